The van der Waals surface area contributed by atoms with Crippen LogP contribution in [0.25, 0.3) is 0 Å². The van der Waals surface area contributed by atoms with E-state index in [4.69, 9.17) is 4.74 Å². The topological polar surface area (TPSA) is 53.0 Å². The highest BCUT2D eigenvalue weighted by molar-refractivity contribution is 5.79. The summed E-state index contributed by atoms with van der Waals surface area (Å²) >= 11 is 0. The number of benzene rings is 1. The summed E-state index contributed by atoms with van der Waals surface area (Å²) in [4.78, 5) is 16.0. The van der Waals surface area contributed by atoms with Crippen molar-refractivity contribution in [3.05, 3.63) is 35.4 Å². The van der Waals surface area contributed by atoms with Crippen LogP contribution in [0, 0.1) is 0 Å². The maximum absolute atomic E-state index is 13.3. The molecule has 1 N–H and O–H groups in total. The summed E-state index contributed by atoms with van der Waals surface area (Å²) in [6, 6.07) is 4.50. The molecule has 5 nitrogen and oxygen atoms in total. The second-order valence-electron chi connectivity index (χ2n) is 6.42. The highest BCUT2D eigenvalue weighted by atomic mass is 19.4. The monoisotopic (exact) mass is 358 g/mol. The zero-order valence-electron chi connectivity index (χ0n) is 13.7. The van der Waals surface area contributed by atoms with Gasteiger partial charge in [0.15, 0.2) is 0 Å². The van der Waals surface area contributed by atoms with Gasteiger partial charge >= 0.3 is 6.18 Å². The molecule has 0 saturated carbocycles. The molecular weight excluding hydrogens is 337 g/mol. The Labute approximate surface area is 144 Å². The van der Waals surface area contributed by atoms with E-state index in [1.54, 1.807) is 0 Å². The first-order chi connectivity index (χ1) is 11.9. The average molecular weight is 358 g/mol. The molecule has 2 saturated heterocycles. The van der Waals surface area contributed by atoms with E-state index < -0.39 is 23.9 Å². The number of aliphatic hydroxyl groups is 1. The third-order valence-corrected chi connectivity index (χ3v) is 4.69. The van der Waals surface area contributed by atoms with Gasteiger partial charge in [-0.1, -0.05) is 18.2 Å². The van der Waals surface area contributed by atoms with Crippen molar-refractivity contribution in [3.63, 3.8) is 0 Å². The normalized spacial score (nSPS) is 25.4. The number of nitrogens with zero attached hydrogens (tertiary/aromatic N) is 2. The highest BCUT2D eigenvalue weighted by Gasteiger charge is 2.41. The Hall–Kier alpha value is -1.64. The molecule has 138 valence electrons. The second-order valence-corrected chi connectivity index (χ2v) is 6.42. The molecule has 2 aliphatic rings. The van der Waals surface area contributed by atoms with Gasteiger partial charge in [0.25, 0.3) is 0 Å². The van der Waals surface area contributed by atoms with Crippen LogP contribution in [0.5, 0.6) is 0 Å². The molecule has 3 rings (SSSR count). The van der Waals surface area contributed by atoms with Gasteiger partial charge < -0.3 is 14.7 Å². The van der Waals surface area contributed by atoms with Crippen molar-refractivity contribution in [1.29, 1.82) is 0 Å². The van der Waals surface area contributed by atoms with Crippen molar-refractivity contribution in [2.45, 2.75) is 24.7 Å². The van der Waals surface area contributed by atoms with E-state index in [2.05, 4.69) is 0 Å². The number of hydrogen-bond acceptors (Lipinski definition) is 4. The van der Waals surface area contributed by atoms with Crippen LogP contribution in [-0.4, -0.2) is 66.3 Å². The smallest absolute Gasteiger partial charge is 0.391 e. The Morgan fingerprint density at radius 1 is 1.24 bits per heavy atom. The number of aliphatic hydroxyl groups excluding tert-OH is 1. The van der Waals surface area contributed by atoms with Crippen molar-refractivity contribution in [3.8, 4) is 0 Å². The van der Waals surface area contributed by atoms with Gasteiger partial charge in [-0.05, 0) is 18.1 Å². The molecule has 0 aliphatic carbocycles. The van der Waals surface area contributed by atoms with Gasteiger partial charge in [0.1, 0.15) is 0 Å². The number of ether oxygens (including phenoxy) is 1. The molecule has 1 amide bonds. The Kier molecular flexibility index (Phi) is 5.31. The molecule has 2 heterocycles. The predicted molar refractivity (Wildman–Crippen MR) is 83.8 cm³/mol. The van der Waals surface area contributed by atoms with Gasteiger partial charge in [-0.2, -0.15) is 13.2 Å². The van der Waals surface area contributed by atoms with Crippen molar-refractivity contribution in [1.82, 2.24) is 9.80 Å². The maximum atomic E-state index is 13.3. The number of β-amino-alcohol motifs (C(OH)–C–C–N with tert-alkyl or cyclic N) is 1. The van der Waals surface area contributed by atoms with Crippen LogP contribution in [0.1, 0.15) is 23.6 Å². The number of hydrogen-bond donors (Lipinski definition) is 1. The average Bonchev–Trinajstić information content (AvgIpc) is 2.97. The lowest BCUT2D eigenvalue weighted by molar-refractivity contribution is -0.141. The summed E-state index contributed by atoms with van der Waals surface area (Å²) in [6.07, 6.45) is -5.20. The largest absolute Gasteiger partial charge is 0.416 e. The van der Waals surface area contributed by atoms with E-state index in [9.17, 15) is 23.1 Å². The molecular formula is C17H21F3N2O3. The van der Waals surface area contributed by atoms with Gasteiger partial charge in [-0.25, -0.2) is 0 Å². The minimum absolute atomic E-state index is 0.0434. The van der Waals surface area contributed by atoms with Gasteiger partial charge in [0, 0.05) is 19.6 Å². The van der Waals surface area contributed by atoms with E-state index in [1.807, 2.05) is 4.90 Å². The molecule has 2 fully saturated rings. The lowest BCUT2D eigenvalue weighted by Gasteiger charge is -2.31. The fourth-order valence-corrected chi connectivity index (χ4v) is 3.47. The number of morpholine rings is 1. The molecule has 1 aromatic rings. The Morgan fingerprint density at radius 3 is 2.60 bits per heavy atom. The molecule has 2 atom stereocenters. The zero-order valence-corrected chi connectivity index (χ0v) is 13.7. The number of alkyl halides is 3. The fraction of sp³-hybridized carbons (Fsp3) is 0.588. The summed E-state index contributed by atoms with van der Waals surface area (Å²) < 4.78 is 45.2. The Morgan fingerprint density at radius 2 is 1.92 bits per heavy atom. The number of amides is 1. The summed E-state index contributed by atoms with van der Waals surface area (Å²) in [5.41, 5.74) is -0.708. The number of likely N-dealkylation sites (tertiary alicyclic amines) is 1. The quantitative estimate of drug-likeness (QED) is 0.893. The van der Waals surface area contributed by atoms with E-state index in [0.717, 1.165) is 6.07 Å². The van der Waals surface area contributed by atoms with E-state index >= 15 is 0 Å². The lowest BCUT2D eigenvalue weighted by atomic mass is 9.97. The summed E-state index contributed by atoms with van der Waals surface area (Å²) in [6.45, 7) is 2.49. The van der Waals surface area contributed by atoms with Gasteiger partial charge in [-0.3, -0.25) is 9.69 Å². The van der Waals surface area contributed by atoms with Crippen LogP contribution >= 0.6 is 0 Å². The summed E-state index contributed by atoms with van der Waals surface area (Å²) in [7, 11) is 0. The zero-order chi connectivity index (χ0) is 18.0. The van der Waals surface area contributed by atoms with Gasteiger partial charge in [0.05, 0.1) is 37.5 Å². The van der Waals surface area contributed by atoms with Crippen LogP contribution < -0.4 is 0 Å². The molecule has 0 radical (unpaired) electrons. The lowest BCUT2D eigenvalue weighted by Crippen LogP contribution is -2.45. The summed E-state index contributed by atoms with van der Waals surface area (Å²) in [5, 5.41) is 9.97. The van der Waals surface area contributed by atoms with E-state index in [-0.39, 0.29) is 31.0 Å². The maximum Gasteiger partial charge on any atom is 0.416 e. The molecule has 25 heavy (non-hydrogen) atoms. The van der Waals surface area contributed by atoms with Crippen LogP contribution in [0.4, 0.5) is 13.2 Å². The van der Waals surface area contributed by atoms with Crippen molar-refractivity contribution < 1.29 is 27.8 Å². The van der Waals surface area contributed by atoms with Crippen LogP contribution in [0.3, 0.4) is 0 Å². The van der Waals surface area contributed by atoms with Crippen LogP contribution in [0.15, 0.2) is 24.3 Å². The van der Waals surface area contributed by atoms with Crippen LogP contribution in [-0.2, 0) is 15.7 Å². The molecule has 0 aromatic heterocycles. The number of carbonyl (C=O) groups is 1. The van der Waals surface area contributed by atoms with Crippen molar-refractivity contribution >= 4 is 5.91 Å². The SMILES string of the molecule is O=C(CN1CCOCC1)N1CC(O)CC1c1ccccc1C(F)(F)F. The number of carbonyl (C=O) groups excluding carboxylic acids is 1. The summed E-state index contributed by atoms with van der Waals surface area (Å²) in [5.74, 6) is -0.263. The fourth-order valence-electron chi connectivity index (χ4n) is 3.47. The van der Waals surface area contributed by atoms with Gasteiger partial charge in [0.2, 0.25) is 5.91 Å². The Balaban J connectivity index is 1.81. The van der Waals surface area contributed by atoms with Crippen molar-refractivity contribution in [2.24, 2.45) is 0 Å². The van der Waals surface area contributed by atoms with Crippen molar-refractivity contribution in [2.75, 3.05) is 39.4 Å². The molecule has 2 unspecified atom stereocenters. The Bertz CT molecular complexity index is 617. The molecule has 8 heteroatoms. The molecule has 0 spiro atoms. The first kappa shape index (κ1) is 18.2. The van der Waals surface area contributed by atoms with Gasteiger partial charge in [-0.15, -0.1) is 0 Å². The minimum Gasteiger partial charge on any atom is -0.391 e. The first-order valence-electron chi connectivity index (χ1n) is 8.30. The standard InChI is InChI=1S/C17H21F3N2O3/c18-17(19,20)14-4-2-1-3-13(14)15-9-12(23)10-22(15)16(24)11-21-5-7-25-8-6-21/h1-4,12,15,23H,5-11H2. The number of rotatable bonds is 3. The first-order valence-corrected chi connectivity index (χ1v) is 8.30. The van der Waals surface area contributed by atoms with E-state index in [1.165, 1.54) is 23.1 Å². The number of halogens is 3. The predicted octanol–water partition coefficient (Wildman–Crippen LogP) is 1.67. The highest BCUT2D eigenvalue weighted by Crippen LogP contribution is 2.40. The molecule has 0 bridgehead atoms. The van der Waals surface area contributed by atoms with Crippen LogP contribution in [0.2, 0.25) is 0 Å². The van der Waals surface area contributed by atoms with E-state index in [0.29, 0.717) is 26.3 Å². The molecule has 2 aliphatic heterocycles. The third-order valence-electron chi connectivity index (χ3n) is 4.69. The minimum atomic E-state index is -4.50. The second kappa shape index (κ2) is 7.31. The third kappa shape index (κ3) is 4.13. The molecule has 1 aromatic carbocycles.